The topological polar surface area (TPSA) is 64.6 Å². The van der Waals surface area contributed by atoms with Gasteiger partial charge in [-0.05, 0) is 44.0 Å². The molecule has 1 aromatic carbocycles. The van der Waals surface area contributed by atoms with Gasteiger partial charge in [-0.25, -0.2) is 4.79 Å². The van der Waals surface area contributed by atoms with Gasteiger partial charge >= 0.3 is 5.97 Å². The van der Waals surface area contributed by atoms with Crippen molar-refractivity contribution in [2.45, 2.75) is 33.3 Å². The van der Waals surface area contributed by atoms with Crippen LogP contribution >= 0.6 is 11.3 Å². The Kier molecular flexibility index (Phi) is 5.98. The number of carbonyl (C=O) groups is 2. The minimum absolute atomic E-state index is 0.406. The molecule has 0 bridgehead atoms. The van der Waals surface area contributed by atoms with Gasteiger partial charge in [0.1, 0.15) is 10.6 Å². The van der Waals surface area contributed by atoms with Crippen LogP contribution in [-0.4, -0.2) is 25.1 Å². The Hall–Kier alpha value is -2.34. The van der Waals surface area contributed by atoms with Gasteiger partial charge in [0, 0.05) is 4.88 Å². The largest absolute Gasteiger partial charge is 0.495 e. The number of methoxy groups -OCH3 is 1. The molecule has 0 aliphatic heterocycles. The van der Waals surface area contributed by atoms with Gasteiger partial charge in [-0.1, -0.05) is 19.1 Å². The van der Waals surface area contributed by atoms with Gasteiger partial charge in [0.25, 0.3) is 5.91 Å². The number of amides is 1. The van der Waals surface area contributed by atoms with E-state index >= 15 is 0 Å². The smallest absolute Gasteiger partial charge is 0.349 e. The number of benzene rings is 1. The zero-order valence-corrected chi connectivity index (χ0v) is 15.0. The maximum Gasteiger partial charge on any atom is 0.349 e. The van der Waals surface area contributed by atoms with Gasteiger partial charge < -0.3 is 14.8 Å². The van der Waals surface area contributed by atoms with Crippen LogP contribution in [-0.2, 0) is 16.0 Å². The minimum Gasteiger partial charge on any atom is -0.495 e. The van der Waals surface area contributed by atoms with Crippen LogP contribution in [0.1, 0.15) is 34.0 Å². The Bertz CT molecular complexity index is 738. The Labute approximate surface area is 145 Å². The van der Waals surface area contributed by atoms with E-state index in [1.807, 2.05) is 19.9 Å². The molecule has 0 saturated heterocycles. The molecular formula is C18H21NO4S. The number of ether oxygens (including phenoxy) is 2. The molecule has 0 aliphatic rings. The van der Waals surface area contributed by atoms with Crippen LogP contribution < -0.4 is 10.1 Å². The number of hydrogen-bond donors (Lipinski definition) is 1. The standard InChI is InChI=1S/C18H21NO4S/c1-5-15-11(2)10-16(24-15)18(21)23-12(3)17(20)19-13-8-6-7-9-14(13)22-4/h6-10,12H,5H2,1-4H3,(H,19,20)/t12-/m0/s1. The molecule has 24 heavy (non-hydrogen) atoms. The maximum absolute atomic E-state index is 12.2. The number of carbonyl (C=O) groups excluding carboxylic acids is 2. The molecule has 0 fully saturated rings. The summed E-state index contributed by atoms with van der Waals surface area (Å²) in [5, 5.41) is 2.71. The van der Waals surface area contributed by atoms with Gasteiger partial charge in [-0.2, -0.15) is 0 Å². The lowest BCUT2D eigenvalue weighted by Gasteiger charge is -2.14. The molecule has 128 valence electrons. The molecule has 6 heteroatoms. The van der Waals surface area contributed by atoms with E-state index in [4.69, 9.17) is 9.47 Å². The van der Waals surface area contributed by atoms with Crippen LogP contribution in [0.4, 0.5) is 5.69 Å². The third-order valence-electron chi connectivity index (χ3n) is 3.56. The predicted octanol–water partition coefficient (Wildman–Crippen LogP) is 3.81. The summed E-state index contributed by atoms with van der Waals surface area (Å²) in [5.74, 6) is -0.340. The van der Waals surface area contributed by atoms with Gasteiger partial charge in [0.2, 0.25) is 0 Å². The van der Waals surface area contributed by atoms with Gasteiger partial charge in [-0.3, -0.25) is 4.79 Å². The van der Waals surface area contributed by atoms with Crippen LogP contribution in [0.2, 0.25) is 0 Å². The average Bonchev–Trinajstić information content (AvgIpc) is 2.96. The second-order valence-corrected chi connectivity index (χ2v) is 6.44. The molecule has 1 heterocycles. The Morgan fingerprint density at radius 2 is 2.00 bits per heavy atom. The molecule has 0 spiro atoms. The molecule has 0 radical (unpaired) electrons. The number of nitrogens with one attached hydrogen (secondary N) is 1. The number of aryl methyl sites for hydroxylation is 2. The van der Waals surface area contributed by atoms with Crippen LogP contribution in [0.3, 0.4) is 0 Å². The molecule has 1 atom stereocenters. The Balaban J connectivity index is 2.01. The first kappa shape index (κ1) is 18.0. The normalized spacial score (nSPS) is 11.7. The SMILES string of the molecule is CCc1sc(C(=O)O[C@@H](C)C(=O)Nc2ccccc2OC)cc1C. The minimum atomic E-state index is -0.908. The van der Waals surface area contributed by atoms with Gasteiger partial charge in [-0.15, -0.1) is 11.3 Å². The van der Waals surface area contributed by atoms with Crippen molar-refractivity contribution in [3.63, 3.8) is 0 Å². The molecule has 0 aliphatic carbocycles. The van der Waals surface area contributed by atoms with E-state index in [0.29, 0.717) is 16.3 Å². The van der Waals surface area contributed by atoms with E-state index in [2.05, 4.69) is 5.32 Å². The fourth-order valence-electron chi connectivity index (χ4n) is 2.23. The predicted molar refractivity (Wildman–Crippen MR) is 94.9 cm³/mol. The molecule has 1 N–H and O–H groups in total. The first-order valence-corrected chi connectivity index (χ1v) is 8.52. The molecule has 5 nitrogen and oxygen atoms in total. The number of para-hydroxylation sites is 2. The number of esters is 1. The molecule has 1 amide bonds. The van der Waals surface area contributed by atoms with Crippen molar-refractivity contribution >= 4 is 28.9 Å². The summed E-state index contributed by atoms with van der Waals surface area (Å²) in [6.07, 6.45) is -0.0388. The summed E-state index contributed by atoms with van der Waals surface area (Å²) in [7, 11) is 1.53. The number of rotatable bonds is 6. The van der Waals surface area contributed by atoms with E-state index < -0.39 is 18.0 Å². The van der Waals surface area contributed by atoms with Crippen molar-refractivity contribution in [2.24, 2.45) is 0 Å². The molecule has 2 rings (SSSR count). The van der Waals surface area contributed by atoms with Crippen LogP contribution in [0.25, 0.3) is 0 Å². The first-order chi connectivity index (χ1) is 11.5. The van der Waals surface area contributed by atoms with Crippen molar-refractivity contribution in [1.29, 1.82) is 0 Å². The lowest BCUT2D eigenvalue weighted by Crippen LogP contribution is -2.29. The zero-order chi connectivity index (χ0) is 17.7. The second kappa shape index (κ2) is 7.97. The summed E-state index contributed by atoms with van der Waals surface area (Å²) in [5.41, 5.74) is 1.61. The molecule has 0 unspecified atom stereocenters. The fourth-order valence-corrected chi connectivity index (χ4v) is 3.22. The lowest BCUT2D eigenvalue weighted by molar-refractivity contribution is -0.123. The third-order valence-corrected chi connectivity index (χ3v) is 4.92. The van der Waals surface area contributed by atoms with E-state index in [0.717, 1.165) is 16.9 Å². The van der Waals surface area contributed by atoms with Crippen molar-refractivity contribution in [2.75, 3.05) is 12.4 Å². The highest BCUT2D eigenvalue weighted by Gasteiger charge is 2.21. The van der Waals surface area contributed by atoms with Crippen molar-refractivity contribution in [1.82, 2.24) is 0 Å². The quantitative estimate of drug-likeness (QED) is 0.807. The van der Waals surface area contributed by atoms with E-state index in [1.165, 1.54) is 18.4 Å². The zero-order valence-electron chi connectivity index (χ0n) is 14.2. The van der Waals surface area contributed by atoms with Gasteiger partial charge in [0.05, 0.1) is 12.8 Å². The Morgan fingerprint density at radius 1 is 1.29 bits per heavy atom. The summed E-state index contributed by atoms with van der Waals surface area (Å²) in [6.45, 7) is 5.55. The van der Waals surface area contributed by atoms with Crippen LogP contribution in [0, 0.1) is 6.92 Å². The first-order valence-electron chi connectivity index (χ1n) is 7.70. The monoisotopic (exact) mass is 347 g/mol. The number of hydrogen-bond acceptors (Lipinski definition) is 5. The van der Waals surface area contributed by atoms with Crippen LogP contribution in [0.15, 0.2) is 30.3 Å². The van der Waals surface area contributed by atoms with E-state index in [9.17, 15) is 9.59 Å². The second-order valence-electron chi connectivity index (χ2n) is 5.31. The van der Waals surface area contributed by atoms with E-state index in [-0.39, 0.29) is 0 Å². The van der Waals surface area contributed by atoms with Crippen molar-refractivity contribution in [3.05, 3.63) is 45.6 Å². The van der Waals surface area contributed by atoms with Crippen molar-refractivity contribution < 1.29 is 19.1 Å². The molecule has 2 aromatic rings. The van der Waals surface area contributed by atoms with Gasteiger partial charge in [0.15, 0.2) is 6.10 Å². The summed E-state index contributed by atoms with van der Waals surface area (Å²) in [4.78, 5) is 26.1. The number of anilines is 1. The highest BCUT2D eigenvalue weighted by molar-refractivity contribution is 7.14. The van der Waals surface area contributed by atoms with E-state index in [1.54, 1.807) is 31.2 Å². The summed E-state index contributed by atoms with van der Waals surface area (Å²) in [6, 6.07) is 8.86. The molecule has 0 saturated carbocycles. The molecular weight excluding hydrogens is 326 g/mol. The van der Waals surface area contributed by atoms with Crippen molar-refractivity contribution in [3.8, 4) is 5.75 Å². The Morgan fingerprint density at radius 3 is 2.62 bits per heavy atom. The highest BCUT2D eigenvalue weighted by Crippen LogP contribution is 2.25. The maximum atomic E-state index is 12.2. The van der Waals surface area contributed by atoms with Crippen LogP contribution in [0.5, 0.6) is 5.75 Å². The lowest BCUT2D eigenvalue weighted by atomic mass is 10.2. The third kappa shape index (κ3) is 4.14. The summed E-state index contributed by atoms with van der Waals surface area (Å²) < 4.78 is 10.5. The fraction of sp³-hybridized carbons (Fsp3) is 0.333. The molecule has 1 aromatic heterocycles. The summed E-state index contributed by atoms with van der Waals surface area (Å²) >= 11 is 1.41. The number of thiophene rings is 1. The average molecular weight is 347 g/mol. The highest BCUT2D eigenvalue weighted by atomic mass is 32.1.